The van der Waals surface area contributed by atoms with Crippen molar-refractivity contribution < 1.29 is 0 Å². The molecule has 20 heavy (non-hydrogen) atoms. The van der Waals surface area contributed by atoms with E-state index in [1.165, 1.54) is 0 Å². The van der Waals surface area contributed by atoms with Crippen LogP contribution >= 0.6 is 0 Å². The van der Waals surface area contributed by atoms with Gasteiger partial charge >= 0.3 is 0 Å². The van der Waals surface area contributed by atoms with Crippen LogP contribution in [0.2, 0.25) is 0 Å². The number of nitriles is 1. The Balaban J connectivity index is 1.81. The van der Waals surface area contributed by atoms with Crippen LogP contribution in [-0.4, -0.2) is 9.97 Å². The van der Waals surface area contributed by atoms with Crippen molar-refractivity contribution in [3.05, 3.63) is 66.1 Å². The van der Waals surface area contributed by atoms with Gasteiger partial charge in [0.05, 0.1) is 17.4 Å². The quantitative estimate of drug-likeness (QED) is 0.786. The van der Waals surface area contributed by atoms with Crippen LogP contribution in [0.3, 0.4) is 0 Å². The molecule has 0 unspecified atom stereocenters. The molecule has 4 nitrogen and oxygen atoms in total. The number of para-hydroxylation sites is 1. The van der Waals surface area contributed by atoms with E-state index in [1.807, 2.05) is 24.3 Å². The minimum Gasteiger partial charge on any atom is -0.380 e. The number of hydrogen-bond donors (Lipinski definition) is 1. The van der Waals surface area contributed by atoms with E-state index >= 15 is 0 Å². The number of fused-ring (bicyclic) bond motifs is 1. The topological polar surface area (TPSA) is 61.6 Å². The maximum Gasteiger partial charge on any atom is 0.140 e. The molecule has 3 rings (SSSR count). The van der Waals surface area contributed by atoms with Crippen LogP contribution in [0, 0.1) is 11.3 Å². The molecule has 0 saturated carbocycles. The SMILES string of the molecule is N#Cc1ccc(NCc2cccc3cccnc23)cn1. The maximum absolute atomic E-state index is 8.71. The third kappa shape index (κ3) is 2.43. The zero-order valence-corrected chi connectivity index (χ0v) is 10.7. The molecule has 1 aromatic carbocycles. The second-order valence-corrected chi connectivity index (χ2v) is 4.39. The first-order valence-corrected chi connectivity index (χ1v) is 6.29. The van der Waals surface area contributed by atoms with E-state index in [0.717, 1.165) is 22.2 Å². The fourth-order valence-corrected chi connectivity index (χ4v) is 2.07. The Morgan fingerprint density at radius 3 is 2.75 bits per heavy atom. The lowest BCUT2D eigenvalue weighted by molar-refractivity contribution is 1.14. The summed E-state index contributed by atoms with van der Waals surface area (Å²) in [7, 11) is 0. The third-order valence-electron chi connectivity index (χ3n) is 3.08. The van der Waals surface area contributed by atoms with Gasteiger partial charge < -0.3 is 5.32 Å². The highest BCUT2D eigenvalue weighted by molar-refractivity contribution is 5.81. The second kappa shape index (κ2) is 5.37. The molecule has 0 aliphatic carbocycles. The number of pyridine rings is 2. The van der Waals surface area contributed by atoms with Crippen LogP contribution in [-0.2, 0) is 6.54 Å². The second-order valence-electron chi connectivity index (χ2n) is 4.39. The van der Waals surface area contributed by atoms with Gasteiger partial charge in [-0.3, -0.25) is 4.98 Å². The molecule has 0 atom stereocenters. The Morgan fingerprint density at radius 1 is 1.05 bits per heavy atom. The van der Waals surface area contributed by atoms with E-state index in [-0.39, 0.29) is 0 Å². The molecule has 0 saturated heterocycles. The van der Waals surface area contributed by atoms with Crippen molar-refractivity contribution in [3.8, 4) is 6.07 Å². The normalized spacial score (nSPS) is 10.2. The van der Waals surface area contributed by atoms with E-state index in [9.17, 15) is 0 Å². The van der Waals surface area contributed by atoms with Crippen molar-refractivity contribution in [2.45, 2.75) is 6.54 Å². The van der Waals surface area contributed by atoms with Crippen LogP contribution in [0.15, 0.2) is 54.9 Å². The number of hydrogen-bond acceptors (Lipinski definition) is 4. The van der Waals surface area contributed by atoms with Gasteiger partial charge in [-0.25, -0.2) is 4.98 Å². The number of rotatable bonds is 3. The van der Waals surface area contributed by atoms with Crippen LogP contribution in [0.4, 0.5) is 5.69 Å². The van der Waals surface area contributed by atoms with E-state index < -0.39 is 0 Å². The number of aromatic nitrogens is 2. The average Bonchev–Trinajstić information content (AvgIpc) is 2.53. The molecule has 3 aromatic rings. The third-order valence-corrected chi connectivity index (χ3v) is 3.08. The van der Waals surface area contributed by atoms with Crippen LogP contribution in [0.1, 0.15) is 11.3 Å². The average molecular weight is 260 g/mol. The summed E-state index contributed by atoms with van der Waals surface area (Å²) in [4.78, 5) is 8.45. The zero-order chi connectivity index (χ0) is 13.8. The molecule has 4 heteroatoms. The largest absolute Gasteiger partial charge is 0.380 e. The highest BCUT2D eigenvalue weighted by Crippen LogP contribution is 2.17. The molecule has 0 radical (unpaired) electrons. The Kier molecular flexibility index (Phi) is 3.25. The molecule has 2 aromatic heterocycles. The first kappa shape index (κ1) is 12.1. The molecule has 96 valence electrons. The highest BCUT2D eigenvalue weighted by atomic mass is 14.9. The van der Waals surface area contributed by atoms with E-state index in [1.54, 1.807) is 18.5 Å². The smallest absolute Gasteiger partial charge is 0.140 e. The number of nitrogens with one attached hydrogen (secondary N) is 1. The molecule has 0 spiro atoms. The van der Waals surface area contributed by atoms with Crippen molar-refractivity contribution in [1.29, 1.82) is 5.26 Å². The molecule has 0 fully saturated rings. The Hall–Kier alpha value is -2.93. The lowest BCUT2D eigenvalue weighted by Crippen LogP contribution is -2.01. The van der Waals surface area contributed by atoms with Crippen molar-refractivity contribution >= 4 is 16.6 Å². The van der Waals surface area contributed by atoms with Gasteiger partial charge in [0.1, 0.15) is 11.8 Å². The monoisotopic (exact) mass is 260 g/mol. The van der Waals surface area contributed by atoms with Crippen LogP contribution < -0.4 is 5.32 Å². The first-order valence-electron chi connectivity index (χ1n) is 6.29. The Morgan fingerprint density at radius 2 is 1.95 bits per heavy atom. The molecule has 1 N–H and O–H groups in total. The van der Waals surface area contributed by atoms with Gasteiger partial charge in [0.2, 0.25) is 0 Å². The molecule has 2 heterocycles. The van der Waals surface area contributed by atoms with E-state index in [4.69, 9.17) is 5.26 Å². The van der Waals surface area contributed by atoms with Gasteiger partial charge in [-0.2, -0.15) is 5.26 Å². The van der Waals surface area contributed by atoms with Gasteiger partial charge in [0.25, 0.3) is 0 Å². The van der Waals surface area contributed by atoms with Gasteiger partial charge in [-0.1, -0.05) is 24.3 Å². The maximum atomic E-state index is 8.71. The summed E-state index contributed by atoms with van der Waals surface area (Å²) in [6.07, 6.45) is 3.46. The highest BCUT2D eigenvalue weighted by Gasteiger charge is 2.01. The fraction of sp³-hybridized carbons (Fsp3) is 0.0625. The minimum absolute atomic E-state index is 0.419. The van der Waals surface area contributed by atoms with Gasteiger partial charge in [-0.15, -0.1) is 0 Å². The Labute approximate surface area is 116 Å². The van der Waals surface area contributed by atoms with Gasteiger partial charge in [0.15, 0.2) is 0 Å². The lowest BCUT2D eigenvalue weighted by Gasteiger charge is -2.08. The predicted molar refractivity (Wildman–Crippen MR) is 78.0 cm³/mol. The number of benzene rings is 1. The van der Waals surface area contributed by atoms with Gasteiger partial charge in [-0.05, 0) is 23.8 Å². The summed E-state index contributed by atoms with van der Waals surface area (Å²) in [6.45, 7) is 0.669. The summed E-state index contributed by atoms with van der Waals surface area (Å²) in [5.41, 5.74) is 3.44. The molecule has 0 bridgehead atoms. The van der Waals surface area contributed by atoms with E-state index in [0.29, 0.717) is 12.2 Å². The summed E-state index contributed by atoms with van der Waals surface area (Å²) >= 11 is 0. The zero-order valence-electron chi connectivity index (χ0n) is 10.7. The van der Waals surface area contributed by atoms with Gasteiger partial charge in [0, 0.05) is 18.1 Å². The molecular formula is C16H12N4. The summed E-state index contributed by atoms with van der Waals surface area (Å²) in [6, 6.07) is 15.7. The molecule has 0 aliphatic rings. The molecule has 0 aliphatic heterocycles. The van der Waals surface area contributed by atoms with E-state index in [2.05, 4.69) is 33.5 Å². The summed E-state index contributed by atoms with van der Waals surface area (Å²) < 4.78 is 0. The lowest BCUT2D eigenvalue weighted by atomic mass is 10.1. The summed E-state index contributed by atoms with van der Waals surface area (Å²) in [5.74, 6) is 0. The fourth-order valence-electron chi connectivity index (χ4n) is 2.07. The standard InChI is InChI=1S/C16H12N4/c17-9-14-6-7-15(11-20-14)19-10-13-4-1-3-12-5-2-8-18-16(12)13/h1-8,11,19H,10H2. The van der Waals surface area contributed by atoms with Crippen LogP contribution in [0.5, 0.6) is 0 Å². The van der Waals surface area contributed by atoms with Crippen molar-refractivity contribution in [1.82, 2.24) is 9.97 Å². The molecular weight excluding hydrogens is 248 g/mol. The van der Waals surface area contributed by atoms with Crippen molar-refractivity contribution in [2.24, 2.45) is 0 Å². The molecule has 0 amide bonds. The van der Waals surface area contributed by atoms with Crippen molar-refractivity contribution in [2.75, 3.05) is 5.32 Å². The van der Waals surface area contributed by atoms with Crippen LogP contribution in [0.25, 0.3) is 10.9 Å². The predicted octanol–water partition coefficient (Wildman–Crippen LogP) is 3.11. The number of nitrogens with zero attached hydrogens (tertiary/aromatic N) is 3. The number of anilines is 1. The first-order chi connectivity index (χ1) is 9.86. The Bertz CT molecular complexity index is 767. The van der Waals surface area contributed by atoms with Crippen molar-refractivity contribution in [3.63, 3.8) is 0 Å². The minimum atomic E-state index is 0.419. The summed E-state index contributed by atoms with van der Waals surface area (Å²) in [5, 5.41) is 13.1.